The lowest BCUT2D eigenvalue weighted by Crippen LogP contribution is -2.40. The molecule has 0 radical (unpaired) electrons. The van der Waals surface area contributed by atoms with Crippen molar-refractivity contribution in [2.75, 3.05) is 14.2 Å². The van der Waals surface area contributed by atoms with Crippen LogP contribution in [0.5, 0.6) is 11.5 Å². The Balaban J connectivity index is 1.60. The summed E-state index contributed by atoms with van der Waals surface area (Å²) < 4.78 is 10.7. The molecular formula is C22H26N6O2. The summed E-state index contributed by atoms with van der Waals surface area (Å²) in [5.74, 6) is 2.11. The number of nitrogens with one attached hydrogen (secondary N) is 1. The third-order valence-corrected chi connectivity index (χ3v) is 5.27. The van der Waals surface area contributed by atoms with Crippen LogP contribution in [0.2, 0.25) is 0 Å². The standard InChI is InChI=1S/C22H26N6O2/c1-29-18-11-8-14(12-19(18)30-2)16-9-10-17-21(26-16)27-20(13-24-17)28-22(23)25-15-6-4-3-5-7-15/h8-13,15H,3-7H2,1-2H3,(H3,23,25,26,27,28). The van der Waals surface area contributed by atoms with Crippen LogP contribution in [0, 0.1) is 0 Å². The van der Waals surface area contributed by atoms with Crippen molar-refractivity contribution in [3.05, 3.63) is 36.5 Å². The Morgan fingerprint density at radius 3 is 2.60 bits per heavy atom. The van der Waals surface area contributed by atoms with Crippen LogP contribution in [0.4, 0.5) is 5.82 Å². The fourth-order valence-corrected chi connectivity index (χ4v) is 3.71. The summed E-state index contributed by atoms with van der Waals surface area (Å²) in [6.07, 6.45) is 7.59. The molecule has 3 aromatic rings. The number of rotatable bonds is 5. The Morgan fingerprint density at radius 1 is 1.03 bits per heavy atom. The zero-order valence-corrected chi connectivity index (χ0v) is 17.3. The van der Waals surface area contributed by atoms with Crippen LogP contribution in [0.25, 0.3) is 22.4 Å². The van der Waals surface area contributed by atoms with Crippen LogP contribution in [-0.4, -0.2) is 41.2 Å². The first-order valence-electron chi connectivity index (χ1n) is 10.1. The lowest BCUT2D eigenvalue weighted by atomic mass is 9.96. The molecule has 8 heteroatoms. The maximum Gasteiger partial charge on any atom is 0.195 e. The van der Waals surface area contributed by atoms with Gasteiger partial charge >= 0.3 is 0 Å². The van der Waals surface area contributed by atoms with Crippen LogP contribution < -0.4 is 20.5 Å². The lowest BCUT2D eigenvalue weighted by molar-refractivity contribution is 0.355. The monoisotopic (exact) mass is 406 g/mol. The van der Waals surface area contributed by atoms with Gasteiger partial charge in [-0.05, 0) is 43.2 Å². The van der Waals surface area contributed by atoms with E-state index in [0.29, 0.717) is 40.5 Å². The number of hydrogen-bond donors (Lipinski definition) is 2. The largest absolute Gasteiger partial charge is 0.493 e. The minimum Gasteiger partial charge on any atom is -0.493 e. The van der Waals surface area contributed by atoms with Gasteiger partial charge in [-0.1, -0.05) is 19.3 Å². The number of guanidine groups is 1. The number of nitrogens with zero attached hydrogens (tertiary/aromatic N) is 4. The van der Waals surface area contributed by atoms with Crippen LogP contribution in [0.3, 0.4) is 0 Å². The Hall–Kier alpha value is -3.42. The van der Waals surface area contributed by atoms with E-state index in [1.807, 2.05) is 30.3 Å². The van der Waals surface area contributed by atoms with Gasteiger partial charge in [0.1, 0.15) is 5.52 Å². The number of ether oxygens (including phenoxy) is 2. The Morgan fingerprint density at radius 2 is 1.83 bits per heavy atom. The minimum absolute atomic E-state index is 0.367. The highest BCUT2D eigenvalue weighted by Crippen LogP contribution is 2.32. The SMILES string of the molecule is COc1ccc(-c2ccc3ncc(/N=C(\N)NC4CCCCC4)nc3n2)cc1OC. The summed E-state index contributed by atoms with van der Waals surface area (Å²) in [5.41, 5.74) is 8.93. The number of hydrogen-bond acceptors (Lipinski definition) is 6. The molecule has 2 aromatic heterocycles. The molecule has 156 valence electrons. The van der Waals surface area contributed by atoms with Gasteiger partial charge in [-0.3, -0.25) is 0 Å². The second-order valence-corrected chi connectivity index (χ2v) is 7.31. The normalized spacial score (nSPS) is 15.2. The molecule has 0 spiro atoms. The predicted octanol–water partition coefficient (Wildman–Crippen LogP) is 3.58. The molecule has 30 heavy (non-hydrogen) atoms. The molecule has 4 rings (SSSR count). The number of aromatic nitrogens is 3. The first-order chi connectivity index (χ1) is 14.7. The molecule has 0 saturated heterocycles. The van der Waals surface area contributed by atoms with Gasteiger partial charge in [0.2, 0.25) is 0 Å². The van der Waals surface area contributed by atoms with Crippen LogP contribution in [0.15, 0.2) is 41.5 Å². The van der Waals surface area contributed by atoms with Gasteiger partial charge in [0.05, 0.1) is 26.1 Å². The number of methoxy groups -OCH3 is 2. The van der Waals surface area contributed by atoms with E-state index >= 15 is 0 Å². The van der Waals surface area contributed by atoms with Gasteiger partial charge in [0, 0.05) is 11.6 Å². The van der Waals surface area contributed by atoms with Crippen molar-refractivity contribution in [2.45, 2.75) is 38.1 Å². The van der Waals surface area contributed by atoms with E-state index in [2.05, 4.69) is 25.3 Å². The van der Waals surface area contributed by atoms with Crippen molar-refractivity contribution >= 4 is 22.9 Å². The zero-order valence-electron chi connectivity index (χ0n) is 17.3. The molecule has 2 heterocycles. The first-order valence-corrected chi connectivity index (χ1v) is 10.1. The third-order valence-electron chi connectivity index (χ3n) is 5.27. The molecule has 1 aromatic carbocycles. The van der Waals surface area contributed by atoms with Crippen LogP contribution in [0.1, 0.15) is 32.1 Å². The molecule has 1 aliphatic rings. The van der Waals surface area contributed by atoms with Crippen molar-refractivity contribution in [3.8, 4) is 22.8 Å². The summed E-state index contributed by atoms with van der Waals surface area (Å²) in [6, 6.07) is 9.83. The van der Waals surface area contributed by atoms with E-state index in [9.17, 15) is 0 Å². The molecule has 0 unspecified atom stereocenters. The van der Waals surface area contributed by atoms with Crippen LogP contribution >= 0.6 is 0 Å². The van der Waals surface area contributed by atoms with Gasteiger partial charge in [-0.15, -0.1) is 0 Å². The number of fused-ring (bicyclic) bond motifs is 1. The summed E-state index contributed by atoms with van der Waals surface area (Å²) in [7, 11) is 3.22. The van der Waals surface area contributed by atoms with Crippen LogP contribution in [-0.2, 0) is 0 Å². The molecule has 8 nitrogen and oxygen atoms in total. The maximum atomic E-state index is 6.09. The average Bonchev–Trinajstić information content (AvgIpc) is 2.78. The van der Waals surface area contributed by atoms with E-state index in [-0.39, 0.29) is 0 Å². The average molecular weight is 406 g/mol. The topological polar surface area (TPSA) is 108 Å². The fourth-order valence-electron chi connectivity index (χ4n) is 3.71. The van der Waals surface area contributed by atoms with Gasteiger partial charge in [0.25, 0.3) is 0 Å². The van der Waals surface area contributed by atoms with E-state index < -0.39 is 0 Å². The van der Waals surface area contributed by atoms with Crippen molar-refractivity contribution in [2.24, 2.45) is 10.7 Å². The molecule has 3 N–H and O–H groups in total. The molecular weight excluding hydrogens is 380 g/mol. The number of pyridine rings is 1. The van der Waals surface area contributed by atoms with Gasteiger partial charge in [-0.25, -0.2) is 15.0 Å². The highest BCUT2D eigenvalue weighted by Gasteiger charge is 2.14. The van der Waals surface area contributed by atoms with Crippen molar-refractivity contribution in [3.63, 3.8) is 0 Å². The van der Waals surface area contributed by atoms with Gasteiger partial charge in [0.15, 0.2) is 28.9 Å². The van der Waals surface area contributed by atoms with E-state index in [4.69, 9.17) is 15.2 Å². The molecule has 1 aliphatic carbocycles. The second kappa shape index (κ2) is 8.94. The fraction of sp³-hybridized carbons (Fsp3) is 0.364. The van der Waals surface area contributed by atoms with Gasteiger partial charge < -0.3 is 20.5 Å². The van der Waals surface area contributed by atoms with E-state index in [1.165, 1.54) is 19.3 Å². The number of aliphatic imine (C=N–C) groups is 1. The lowest BCUT2D eigenvalue weighted by Gasteiger charge is -2.22. The molecule has 0 aliphatic heterocycles. The quantitative estimate of drug-likeness (QED) is 0.492. The molecule has 1 fully saturated rings. The minimum atomic E-state index is 0.367. The highest BCUT2D eigenvalue weighted by atomic mass is 16.5. The maximum absolute atomic E-state index is 6.09. The Bertz CT molecular complexity index is 1060. The van der Waals surface area contributed by atoms with E-state index in [1.54, 1.807) is 20.4 Å². The number of benzene rings is 1. The summed E-state index contributed by atoms with van der Waals surface area (Å²) in [6.45, 7) is 0. The van der Waals surface area contributed by atoms with Gasteiger partial charge in [-0.2, -0.15) is 4.99 Å². The van der Waals surface area contributed by atoms with Crippen molar-refractivity contribution < 1.29 is 9.47 Å². The predicted molar refractivity (Wildman–Crippen MR) is 117 cm³/mol. The molecule has 0 amide bonds. The smallest absolute Gasteiger partial charge is 0.195 e. The summed E-state index contributed by atoms with van der Waals surface area (Å²) in [4.78, 5) is 18.0. The summed E-state index contributed by atoms with van der Waals surface area (Å²) >= 11 is 0. The number of nitrogens with two attached hydrogens (primary N) is 1. The van der Waals surface area contributed by atoms with Crippen molar-refractivity contribution in [1.82, 2.24) is 20.3 Å². The second-order valence-electron chi connectivity index (χ2n) is 7.31. The zero-order chi connectivity index (χ0) is 20.9. The summed E-state index contributed by atoms with van der Waals surface area (Å²) in [5, 5.41) is 3.29. The van der Waals surface area contributed by atoms with Crippen molar-refractivity contribution in [1.29, 1.82) is 0 Å². The molecule has 1 saturated carbocycles. The Kier molecular flexibility index (Phi) is 5.92. The Labute approximate surface area is 175 Å². The molecule has 0 bridgehead atoms. The molecule has 0 atom stereocenters. The van der Waals surface area contributed by atoms with E-state index in [0.717, 1.165) is 24.1 Å². The first kappa shape index (κ1) is 19.9. The third kappa shape index (κ3) is 4.42. The highest BCUT2D eigenvalue weighted by molar-refractivity contribution is 5.82.